The van der Waals surface area contributed by atoms with E-state index in [0.29, 0.717) is 11.1 Å². The van der Waals surface area contributed by atoms with Gasteiger partial charge in [-0.15, -0.1) is 0 Å². The summed E-state index contributed by atoms with van der Waals surface area (Å²) in [5, 5.41) is 12.7. The van der Waals surface area contributed by atoms with Crippen molar-refractivity contribution >= 4 is 22.3 Å². The third-order valence-electron chi connectivity index (χ3n) is 2.15. The zero-order chi connectivity index (χ0) is 11.0. The Morgan fingerprint density at radius 1 is 1.47 bits per heavy atom. The maximum absolute atomic E-state index is 10.7. The van der Waals surface area contributed by atoms with Gasteiger partial charge in [0.1, 0.15) is 0 Å². The molecule has 1 aromatic heterocycles. The third-order valence-corrected chi connectivity index (χ3v) is 2.15. The van der Waals surface area contributed by atoms with Crippen molar-refractivity contribution in [1.29, 1.82) is 0 Å². The summed E-state index contributed by atoms with van der Waals surface area (Å²) in [7, 11) is 1.66. The normalized spacial score (nSPS) is 10.5. The lowest BCUT2D eigenvalue weighted by atomic mass is 10.2. The van der Waals surface area contributed by atoms with E-state index in [4.69, 9.17) is 10.3 Å². The number of nitro benzene ring substituents is 1. The number of hydrogen-bond acceptors (Lipinski definition) is 5. The molecule has 6 heteroatoms. The largest absolute Gasteiger partial charge is 0.457 e. The maximum Gasteiger partial charge on any atom is 0.312 e. The summed E-state index contributed by atoms with van der Waals surface area (Å²) in [6, 6.07) is 4.63. The Morgan fingerprint density at radius 2 is 2.20 bits per heavy atom. The first-order valence-corrected chi connectivity index (χ1v) is 4.24. The van der Waals surface area contributed by atoms with E-state index in [-0.39, 0.29) is 11.3 Å². The van der Waals surface area contributed by atoms with Crippen molar-refractivity contribution in [2.24, 2.45) is 5.84 Å². The molecule has 2 aromatic rings. The molecule has 0 unspecified atom stereocenters. The van der Waals surface area contributed by atoms with Gasteiger partial charge in [-0.05, 0) is 12.1 Å². The molecule has 0 saturated heterocycles. The summed E-state index contributed by atoms with van der Waals surface area (Å²) in [4.78, 5) is 10.2. The summed E-state index contributed by atoms with van der Waals surface area (Å²) in [5.41, 5.74) is 0.875. The number of furan rings is 1. The van der Waals surface area contributed by atoms with E-state index in [2.05, 4.69) is 0 Å². The number of nitro groups is 1. The van der Waals surface area contributed by atoms with Crippen LogP contribution in [0.4, 0.5) is 11.4 Å². The van der Waals surface area contributed by atoms with Crippen LogP contribution in [0, 0.1) is 10.1 Å². The molecular formula is C9H9N3O3. The Hall–Kier alpha value is -2.08. The zero-order valence-corrected chi connectivity index (χ0v) is 8.01. The number of non-ortho nitro benzene ring substituents is 1. The quantitative estimate of drug-likeness (QED) is 0.459. The number of nitrogens with zero attached hydrogens (tertiary/aromatic N) is 2. The predicted molar refractivity (Wildman–Crippen MR) is 55.5 cm³/mol. The molecule has 0 aliphatic heterocycles. The molecule has 0 atom stereocenters. The highest BCUT2D eigenvalue weighted by atomic mass is 16.6. The van der Waals surface area contributed by atoms with Crippen LogP contribution in [0.1, 0.15) is 0 Å². The molecule has 1 heterocycles. The molecule has 0 saturated carbocycles. The Morgan fingerprint density at radius 3 is 2.80 bits per heavy atom. The van der Waals surface area contributed by atoms with Crippen molar-refractivity contribution in [3.05, 3.63) is 34.6 Å². The van der Waals surface area contributed by atoms with Gasteiger partial charge in [-0.1, -0.05) is 0 Å². The first-order valence-electron chi connectivity index (χ1n) is 4.24. The van der Waals surface area contributed by atoms with Gasteiger partial charge < -0.3 is 9.43 Å². The molecule has 2 rings (SSSR count). The lowest BCUT2D eigenvalue weighted by molar-refractivity contribution is -0.383. The first kappa shape index (κ1) is 9.47. The Labute approximate surface area is 85.0 Å². The fourth-order valence-electron chi connectivity index (χ4n) is 1.48. The van der Waals surface area contributed by atoms with Crippen molar-refractivity contribution in [2.75, 3.05) is 12.1 Å². The standard InChI is InChI=1S/C9H9N3O3/c1-11(10)7-2-3-8(12(13)14)9-6(7)4-5-15-9/h2-5H,10H2,1H3. The van der Waals surface area contributed by atoms with Gasteiger partial charge in [0.05, 0.1) is 22.3 Å². The summed E-state index contributed by atoms with van der Waals surface area (Å²) in [6.07, 6.45) is 1.41. The van der Waals surface area contributed by atoms with Crippen molar-refractivity contribution in [1.82, 2.24) is 0 Å². The molecule has 0 bridgehead atoms. The second kappa shape index (κ2) is 3.25. The van der Waals surface area contributed by atoms with Crippen molar-refractivity contribution in [3.8, 4) is 0 Å². The van der Waals surface area contributed by atoms with E-state index in [1.54, 1.807) is 19.2 Å². The number of benzene rings is 1. The van der Waals surface area contributed by atoms with E-state index < -0.39 is 4.92 Å². The van der Waals surface area contributed by atoms with E-state index >= 15 is 0 Å². The SMILES string of the molecule is CN(N)c1ccc([N+](=O)[O-])c2occc12. The van der Waals surface area contributed by atoms with Gasteiger partial charge in [0, 0.05) is 13.1 Å². The van der Waals surface area contributed by atoms with Gasteiger partial charge in [0.15, 0.2) is 0 Å². The van der Waals surface area contributed by atoms with Crippen LogP contribution in [0.5, 0.6) is 0 Å². The van der Waals surface area contributed by atoms with E-state index in [9.17, 15) is 10.1 Å². The second-order valence-corrected chi connectivity index (χ2v) is 3.14. The minimum atomic E-state index is -0.480. The minimum Gasteiger partial charge on any atom is -0.457 e. The average Bonchev–Trinajstić information content (AvgIpc) is 2.63. The number of rotatable bonds is 2. The van der Waals surface area contributed by atoms with Crippen LogP contribution in [0.25, 0.3) is 11.0 Å². The van der Waals surface area contributed by atoms with Gasteiger partial charge in [-0.3, -0.25) is 10.1 Å². The Balaban J connectivity index is 2.76. The molecule has 1 aromatic carbocycles. The highest BCUT2D eigenvalue weighted by Crippen LogP contribution is 2.32. The molecule has 2 N–H and O–H groups in total. The number of hydrazine groups is 1. The molecule has 0 amide bonds. The van der Waals surface area contributed by atoms with Crippen LogP contribution in [-0.2, 0) is 0 Å². The van der Waals surface area contributed by atoms with Crippen LogP contribution in [-0.4, -0.2) is 12.0 Å². The molecule has 0 radical (unpaired) electrons. The number of hydrogen-bond donors (Lipinski definition) is 1. The van der Waals surface area contributed by atoms with Gasteiger partial charge >= 0.3 is 5.69 Å². The lowest BCUT2D eigenvalue weighted by Gasteiger charge is -2.12. The second-order valence-electron chi connectivity index (χ2n) is 3.14. The smallest absolute Gasteiger partial charge is 0.312 e. The van der Waals surface area contributed by atoms with E-state index in [0.717, 1.165) is 0 Å². The maximum atomic E-state index is 10.7. The van der Waals surface area contributed by atoms with Crippen LogP contribution >= 0.6 is 0 Å². The minimum absolute atomic E-state index is 0.0550. The Kier molecular flexibility index (Phi) is 2.05. The highest BCUT2D eigenvalue weighted by Gasteiger charge is 2.17. The molecular weight excluding hydrogens is 198 g/mol. The molecule has 0 spiro atoms. The third kappa shape index (κ3) is 1.40. The van der Waals surface area contributed by atoms with Crippen LogP contribution < -0.4 is 10.9 Å². The monoisotopic (exact) mass is 207 g/mol. The summed E-state index contributed by atoms with van der Waals surface area (Å²) < 4.78 is 5.08. The molecule has 0 aliphatic carbocycles. The molecule has 6 nitrogen and oxygen atoms in total. The van der Waals surface area contributed by atoms with Crippen LogP contribution in [0.2, 0.25) is 0 Å². The Bertz CT molecular complexity index is 518. The van der Waals surface area contributed by atoms with Crippen molar-refractivity contribution < 1.29 is 9.34 Å². The van der Waals surface area contributed by atoms with Crippen LogP contribution in [0.15, 0.2) is 28.9 Å². The fraction of sp³-hybridized carbons (Fsp3) is 0.111. The lowest BCUT2D eigenvalue weighted by Crippen LogP contribution is -2.25. The zero-order valence-electron chi connectivity index (χ0n) is 8.01. The average molecular weight is 207 g/mol. The topological polar surface area (TPSA) is 85.5 Å². The van der Waals surface area contributed by atoms with Gasteiger partial charge in [-0.25, -0.2) is 5.84 Å². The van der Waals surface area contributed by atoms with E-state index in [1.807, 2.05) is 0 Å². The van der Waals surface area contributed by atoms with E-state index in [1.165, 1.54) is 17.3 Å². The highest BCUT2D eigenvalue weighted by molar-refractivity contribution is 5.96. The summed E-state index contributed by atoms with van der Waals surface area (Å²) in [5.74, 6) is 5.59. The van der Waals surface area contributed by atoms with Crippen molar-refractivity contribution in [2.45, 2.75) is 0 Å². The summed E-state index contributed by atoms with van der Waals surface area (Å²) in [6.45, 7) is 0. The van der Waals surface area contributed by atoms with Gasteiger partial charge in [0.25, 0.3) is 0 Å². The fourth-order valence-corrected chi connectivity index (χ4v) is 1.48. The number of fused-ring (bicyclic) bond motifs is 1. The molecule has 78 valence electrons. The van der Waals surface area contributed by atoms with Crippen LogP contribution in [0.3, 0.4) is 0 Å². The van der Waals surface area contributed by atoms with Gasteiger partial charge in [-0.2, -0.15) is 0 Å². The predicted octanol–water partition coefficient (Wildman–Crippen LogP) is 1.65. The van der Waals surface area contributed by atoms with Crippen molar-refractivity contribution in [3.63, 3.8) is 0 Å². The molecule has 0 aliphatic rings. The summed E-state index contributed by atoms with van der Waals surface area (Å²) >= 11 is 0. The number of anilines is 1. The number of nitrogens with two attached hydrogens (primary N) is 1. The van der Waals surface area contributed by atoms with Gasteiger partial charge in [0.2, 0.25) is 5.58 Å². The first-order chi connectivity index (χ1) is 7.11. The molecule has 0 fully saturated rings. The molecule has 15 heavy (non-hydrogen) atoms.